The molecule has 4 unspecified atom stereocenters. The third-order valence-electron chi connectivity index (χ3n) is 4.82. The second-order valence-corrected chi connectivity index (χ2v) is 6.03. The molecule has 1 aromatic rings. The van der Waals surface area contributed by atoms with Gasteiger partial charge in [0.1, 0.15) is 0 Å². The zero-order valence-electron chi connectivity index (χ0n) is 10.9. The van der Waals surface area contributed by atoms with Gasteiger partial charge in [0.2, 0.25) is 0 Å². The molecule has 1 heterocycles. The van der Waals surface area contributed by atoms with Crippen molar-refractivity contribution >= 4 is 0 Å². The fourth-order valence-electron chi connectivity index (χ4n) is 3.90. The van der Waals surface area contributed by atoms with Crippen molar-refractivity contribution in [2.45, 2.75) is 45.2 Å². The first-order valence-corrected chi connectivity index (χ1v) is 6.93. The van der Waals surface area contributed by atoms with E-state index < -0.39 is 0 Å². The van der Waals surface area contributed by atoms with Gasteiger partial charge in [0.15, 0.2) is 0 Å². The molecule has 2 aliphatic carbocycles. The van der Waals surface area contributed by atoms with Gasteiger partial charge < -0.3 is 5.32 Å². The maximum atomic E-state index is 4.21. The van der Waals surface area contributed by atoms with Gasteiger partial charge in [-0.15, -0.1) is 0 Å². The van der Waals surface area contributed by atoms with Gasteiger partial charge in [0, 0.05) is 31.4 Å². The predicted molar refractivity (Wildman–Crippen MR) is 68.4 cm³/mol. The Bertz CT molecular complexity index is 385. The minimum atomic E-state index is 0.658. The van der Waals surface area contributed by atoms with Crippen LogP contribution in [0.1, 0.15) is 38.2 Å². The molecule has 17 heavy (non-hydrogen) atoms. The highest BCUT2D eigenvalue weighted by Gasteiger charge is 2.41. The smallest absolute Gasteiger partial charge is 0.0534 e. The van der Waals surface area contributed by atoms with Crippen molar-refractivity contribution in [1.82, 2.24) is 15.1 Å². The van der Waals surface area contributed by atoms with E-state index in [1.165, 1.54) is 31.2 Å². The Balaban J connectivity index is 1.52. The Hall–Kier alpha value is -0.830. The van der Waals surface area contributed by atoms with Gasteiger partial charge in [-0.2, -0.15) is 5.10 Å². The molecular formula is C14H23N3. The number of hydrogen-bond acceptors (Lipinski definition) is 2. The molecule has 3 heteroatoms. The van der Waals surface area contributed by atoms with Crippen LogP contribution in [0.5, 0.6) is 0 Å². The Labute approximate surface area is 104 Å². The molecule has 0 radical (unpaired) electrons. The van der Waals surface area contributed by atoms with Gasteiger partial charge >= 0.3 is 0 Å². The first-order chi connectivity index (χ1) is 8.22. The fourth-order valence-corrected chi connectivity index (χ4v) is 3.90. The summed E-state index contributed by atoms with van der Waals surface area (Å²) < 4.78 is 1.87. The summed E-state index contributed by atoms with van der Waals surface area (Å²) in [6.07, 6.45) is 10.0. The van der Waals surface area contributed by atoms with Crippen molar-refractivity contribution in [1.29, 1.82) is 0 Å². The number of nitrogens with zero attached hydrogens (tertiary/aromatic N) is 2. The lowest BCUT2D eigenvalue weighted by molar-refractivity contribution is 0.259. The lowest BCUT2D eigenvalue weighted by Gasteiger charge is -2.28. The van der Waals surface area contributed by atoms with E-state index in [1.54, 1.807) is 0 Å². The average Bonchev–Trinajstić information content (AvgIpc) is 3.01. The molecule has 0 spiro atoms. The molecule has 0 saturated heterocycles. The first kappa shape index (κ1) is 11.3. The van der Waals surface area contributed by atoms with Gasteiger partial charge in [-0.05, 0) is 43.9 Å². The van der Waals surface area contributed by atoms with Crippen molar-refractivity contribution in [2.75, 3.05) is 0 Å². The molecule has 0 amide bonds. The molecule has 2 bridgehead atoms. The third-order valence-corrected chi connectivity index (χ3v) is 4.82. The highest BCUT2D eigenvalue weighted by Crippen LogP contribution is 2.49. The second kappa shape index (κ2) is 4.45. The standard InChI is InChI=1S/C14H23N3/c1-10(14-6-11-3-4-13(14)5-11)15-7-12-8-16-17(2)9-12/h8-11,13-15H,3-7H2,1-2H3. The van der Waals surface area contributed by atoms with Crippen LogP contribution >= 0.6 is 0 Å². The third kappa shape index (κ3) is 2.25. The van der Waals surface area contributed by atoms with Gasteiger partial charge in [-0.25, -0.2) is 0 Å². The number of rotatable bonds is 4. The van der Waals surface area contributed by atoms with Crippen molar-refractivity contribution in [2.24, 2.45) is 24.8 Å². The van der Waals surface area contributed by atoms with Crippen LogP contribution in [0.2, 0.25) is 0 Å². The van der Waals surface area contributed by atoms with E-state index in [2.05, 4.69) is 23.5 Å². The monoisotopic (exact) mass is 233 g/mol. The number of nitrogens with one attached hydrogen (secondary N) is 1. The molecule has 0 aromatic carbocycles. The summed E-state index contributed by atoms with van der Waals surface area (Å²) in [5.41, 5.74) is 1.29. The number of fused-ring (bicyclic) bond motifs is 2. The lowest BCUT2D eigenvalue weighted by Crippen LogP contribution is -2.35. The number of aromatic nitrogens is 2. The summed E-state index contributed by atoms with van der Waals surface area (Å²) in [5, 5.41) is 7.89. The molecule has 1 aromatic heterocycles. The molecule has 4 atom stereocenters. The van der Waals surface area contributed by atoms with E-state index in [0.29, 0.717) is 6.04 Å². The normalized spacial score (nSPS) is 33.2. The Morgan fingerprint density at radius 3 is 2.94 bits per heavy atom. The van der Waals surface area contributed by atoms with Crippen LogP contribution in [0.3, 0.4) is 0 Å². The summed E-state index contributed by atoms with van der Waals surface area (Å²) in [7, 11) is 1.98. The van der Waals surface area contributed by atoms with Gasteiger partial charge in [0.05, 0.1) is 6.20 Å². The van der Waals surface area contributed by atoms with Crippen LogP contribution in [0.25, 0.3) is 0 Å². The van der Waals surface area contributed by atoms with Crippen molar-refractivity contribution in [3.8, 4) is 0 Å². The zero-order chi connectivity index (χ0) is 11.8. The topological polar surface area (TPSA) is 29.9 Å². The van der Waals surface area contributed by atoms with E-state index in [0.717, 1.165) is 24.3 Å². The summed E-state index contributed by atoms with van der Waals surface area (Å²) in [5.74, 6) is 2.98. The Morgan fingerprint density at radius 2 is 2.35 bits per heavy atom. The summed E-state index contributed by atoms with van der Waals surface area (Å²) in [6, 6.07) is 0.658. The maximum Gasteiger partial charge on any atom is 0.0534 e. The predicted octanol–water partition coefficient (Wildman–Crippen LogP) is 2.33. The highest BCUT2D eigenvalue weighted by molar-refractivity contribution is 5.03. The second-order valence-electron chi connectivity index (χ2n) is 6.03. The van der Waals surface area contributed by atoms with E-state index in [9.17, 15) is 0 Å². The van der Waals surface area contributed by atoms with Crippen LogP contribution in [-0.4, -0.2) is 15.8 Å². The average molecular weight is 233 g/mol. The fraction of sp³-hybridized carbons (Fsp3) is 0.786. The van der Waals surface area contributed by atoms with E-state index in [4.69, 9.17) is 0 Å². The SMILES string of the molecule is CC(NCc1cnn(C)c1)C1CC2CCC1C2. The molecule has 2 fully saturated rings. The maximum absolute atomic E-state index is 4.21. The molecule has 2 saturated carbocycles. The minimum absolute atomic E-state index is 0.658. The molecular weight excluding hydrogens is 210 g/mol. The van der Waals surface area contributed by atoms with Crippen molar-refractivity contribution < 1.29 is 0 Å². The lowest BCUT2D eigenvalue weighted by atomic mass is 9.84. The van der Waals surface area contributed by atoms with E-state index in [1.807, 2.05) is 17.9 Å². The van der Waals surface area contributed by atoms with Gasteiger partial charge in [-0.1, -0.05) is 6.42 Å². The van der Waals surface area contributed by atoms with Gasteiger partial charge in [0.25, 0.3) is 0 Å². The quantitative estimate of drug-likeness (QED) is 0.865. The molecule has 0 aliphatic heterocycles. The van der Waals surface area contributed by atoms with Crippen molar-refractivity contribution in [3.63, 3.8) is 0 Å². The van der Waals surface area contributed by atoms with Crippen molar-refractivity contribution in [3.05, 3.63) is 18.0 Å². The summed E-state index contributed by atoms with van der Waals surface area (Å²) in [6.45, 7) is 3.32. The minimum Gasteiger partial charge on any atom is -0.310 e. The molecule has 3 rings (SSSR count). The largest absolute Gasteiger partial charge is 0.310 e. The molecule has 94 valence electrons. The zero-order valence-corrected chi connectivity index (χ0v) is 10.9. The van der Waals surface area contributed by atoms with Crippen LogP contribution in [-0.2, 0) is 13.6 Å². The van der Waals surface area contributed by atoms with Gasteiger partial charge in [-0.3, -0.25) is 4.68 Å². The van der Waals surface area contributed by atoms with E-state index in [-0.39, 0.29) is 0 Å². The number of hydrogen-bond donors (Lipinski definition) is 1. The summed E-state index contributed by atoms with van der Waals surface area (Å²) >= 11 is 0. The molecule has 1 N–H and O–H groups in total. The molecule has 2 aliphatic rings. The first-order valence-electron chi connectivity index (χ1n) is 6.93. The molecule has 3 nitrogen and oxygen atoms in total. The van der Waals surface area contributed by atoms with E-state index >= 15 is 0 Å². The van der Waals surface area contributed by atoms with Crippen LogP contribution < -0.4 is 5.32 Å². The highest BCUT2D eigenvalue weighted by atomic mass is 15.2. The van der Waals surface area contributed by atoms with Crippen LogP contribution in [0.15, 0.2) is 12.4 Å². The number of aryl methyl sites for hydroxylation is 1. The Morgan fingerprint density at radius 1 is 1.47 bits per heavy atom. The van der Waals surface area contributed by atoms with Crippen LogP contribution in [0, 0.1) is 17.8 Å². The van der Waals surface area contributed by atoms with Crippen LogP contribution in [0.4, 0.5) is 0 Å². The summed E-state index contributed by atoms with van der Waals surface area (Å²) in [4.78, 5) is 0. The Kier molecular flexibility index (Phi) is 2.95.